The lowest BCUT2D eigenvalue weighted by Crippen LogP contribution is -2.18. The normalized spacial score (nSPS) is 15.5. The monoisotopic (exact) mass is 1030 g/mol. The summed E-state index contributed by atoms with van der Waals surface area (Å²) < 4.78 is 0. The van der Waals surface area contributed by atoms with Crippen LogP contribution in [0, 0.1) is 0 Å². The number of hydrogen-bond donors (Lipinski definition) is 0. The van der Waals surface area contributed by atoms with Crippen molar-refractivity contribution in [3.05, 3.63) is 275 Å². The van der Waals surface area contributed by atoms with E-state index >= 15 is 0 Å². The Morgan fingerprint density at radius 1 is 0.228 bits per heavy atom. The topological polar surface area (TPSA) is 6.48 Å². The van der Waals surface area contributed by atoms with Gasteiger partial charge in [0.25, 0.3) is 0 Å². The molecule has 0 bridgehead atoms. The van der Waals surface area contributed by atoms with Crippen LogP contribution in [-0.2, 0) is 21.7 Å². The molecule has 0 saturated heterocycles. The Hall–Kier alpha value is -8.50. The van der Waals surface area contributed by atoms with Crippen molar-refractivity contribution < 1.29 is 0 Å². The van der Waals surface area contributed by atoms with Gasteiger partial charge >= 0.3 is 0 Å². The number of rotatable bonds is 8. The first-order valence-electron chi connectivity index (χ1n) is 28.1. The van der Waals surface area contributed by atoms with Gasteiger partial charge in [0.15, 0.2) is 0 Å². The van der Waals surface area contributed by atoms with Gasteiger partial charge < -0.3 is 9.80 Å². The van der Waals surface area contributed by atoms with Gasteiger partial charge in [0.05, 0.1) is 0 Å². The zero-order chi connectivity index (χ0) is 53.7. The number of hydrogen-bond acceptors (Lipinski definition) is 3. The van der Waals surface area contributed by atoms with E-state index in [1.54, 1.807) is 0 Å². The molecular weight excluding hydrogens is 973 g/mol. The maximum absolute atomic E-state index is 2.47. The molecule has 1 heterocycles. The number of thiophene rings is 1. The Kier molecular flexibility index (Phi) is 10.3. The van der Waals surface area contributed by atoms with Gasteiger partial charge in [-0.1, -0.05) is 201 Å². The molecule has 0 aliphatic heterocycles. The maximum Gasteiger partial charge on any atom is 0.0465 e. The highest BCUT2D eigenvalue weighted by Gasteiger charge is 2.40. The second kappa shape index (κ2) is 17.0. The van der Waals surface area contributed by atoms with Gasteiger partial charge in [0, 0.05) is 65.5 Å². The zero-order valence-electron chi connectivity index (χ0n) is 46.2. The molecule has 79 heavy (non-hydrogen) atoms. The van der Waals surface area contributed by atoms with Crippen LogP contribution < -0.4 is 9.80 Å². The van der Waals surface area contributed by atoms with Crippen LogP contribution in [0.4, 0.5) is 34.1 Å². The van der Waals surface area contributed by atoms with Crippen LogP contribution in [0.25, 0.3) is 65.4 Å². The number of fused-ring (bicyclic) bond motifs is 12. The molecule has 1 aromatic heterocycles. The fourth-order valence-corrected chi connectivity index (χ4v) is 15.4. The van der Waals surface area contributed by atoms with Crippen LogP contribution in [0.15, 0.2) is 231 Å². The highest BCUT2D eigenvalue weighted by molar-refractivity contribution is 7.18. The highest BCUT2D eigenvalue weighted by atomic mass is 32.1. The van der Waals surface area contributed by atoms with E-state index in [2.05, 4.69) is 296 Å². The Morgan fingerprint density at radius 3 is 0.722 bits per heavy atom. The highest BCUT2D eigenvalue weighted by Crippen LogP contribution is 2.56. The molecule has 0 saturated carbocycles. The first kappa shape index (κ1) is 47.7. The molecule has 382 valence electrons. The summed E-state index contributed by atoms with van der Waals surface area (Å²) in [5.74, 6) is 0. The van der Waals surface area contributed by atoms with Crippen molar-refractivity contribution >= 4 is 45.5 Å². The lowest BCUT2D eigenvalue weighted by molar-refractivity contribution is 0.659. The van der Waals surface area contributed by atoms with E-state index in [1.165, 1.54) is 110 Å². The molecule has 4 aliphatic rings. The van der Waals surface area contributed by atoms with Crippen LogP contribution in [0.3, 0.4) is 0 Å². The summed E-state index contributed by atoms with van der Waals surface area (Å²) in [7, 11) is 0. The van der Waals surface area contributed by atoms with Crippen molar-refractivity contribution in [2.45, 2.75) is 77.0 Å². The van der Waals surface area contributed by atoms with E-state index in [0.29, 0.717) is 0 Å². The second-order valence-electron chi connectivity index (χ2n) is 24.5. The van der Waals surface area contributed by atoms with E-state index in [-0.39, 0.29) is 21.7 Å². The van der Waals surface area contributed by atoms with Gasteiger partial charge in [-0.05, 0) is 185 Å². The summed E-state index contributed by atoms with van der Waals surface area (Å²) in [6, 6.07) is 87.3. The van der Waals surface area contributed by atoms with E-state index in [0.717, 1.165) is 34.1 Å². The molecule has 0 radical (unpaired) electrons. The van der Waals surface area contributed by atoms with Crippen molar-refractivity contribution in [2.24, 2.45) is 0 Å². The van der Waals surface area contributed by atoms with Crippen LogP contribution in [0.5, 0.6) is 0 Å². The van der Waals surface area contributed by atoms with Gasteiger partial charge in [-0.3, -0.25) is 0 Å². The minimum atomic E-state index is -0.115. The molecule has 0 unspecified atom stereocenters. The van der Waals surface area contributed by atoms with Gasteiger partial charge in [0.1, 0.15) is 0 Å². The zero-order valence-corrected chi connectivity index (χ0v) is 47.1. The van der Waals surface area contributed by atoms with Gasteiger partial charge in [-0.2, -0.15) is 0 Å². The van der Waals surface area contributed by atoms with Crippen LogP contribution in [0.2, 0.25) is 0 Å². The summed E-state index contributed by atoms with van der Waals surface area (Å²) in [4.78, 5) is 7.43. The molecule has 4 aliphatic carbocycles. The predicted molar refractivity (Wildman–Crippen MR) is 335 cm³/mol. The van der Waals surface area contributed by atoms with E-state index in [1.807, 2.05) is 11.3 Å². The molecule has 15 rings (SSSR count). The molecule has 3 heteroatoms. The standard InChI is InChI=1S/C76H62N2S/c1-73(2)63-21-13-9-17-55(63)59-37-33-51(43-67(59)73)77(52-34-38-60-56-18-10-14-22-64(56)74(3,4)68(60)44-52)49-29-25-47(26-30-49)71-41-42-72(79-71)48-27-31-50(32-28-48)78(53-35-39-61-57-19-11-15-23-65(57)75(5,6)69(61)45-53)54-36-40-62-58-20-12-16-24-66(58)76(7,8)70(62)46-54/h9-46H,1-8H3. The van der Waals surface area contributed by atoms with Gasteiger partial charge in [-0.25, -0.2) is 0 Å². The fraction of sp³-hybridized carbons (Fsp3) is 0.158. The van der Waals surface area contributed by atoms with Crippen molar-refractivity contribution in [3.8, 4) is 65.4 Å². The SMILES string of the molecule is CC1(C)c2ccccc2-c2ccc(N(c3ccc(-c4ccc(-c5ccc(N(c6ccc7c(c6)C(C)(C)c6ccccc6-7)c6ccc7c(c6)C(C)(C)c6ccccc6-7)cc5)s4)cc3)c3ccc4c(c3)C(C)(C)c3ccccc3-4)cc21. The predicted octanol–water partition coefficient (Wildman–Crippen LogP) is 21.2. The van der Waals surface area contributed by atoms with Crippen molar-refractivity contribution in [3.63, 3.8) is 0 Å². The average molecular weight is 1040 g/mol. The Labute approximate surface area is 470 Å². The number of nitrogens with zero attached hydrogens (tertiary/aromatic N) is 2. The van der Waals surface area contributed by atoms with E-state index in [4.69, 9.17) is 0 Å². The molecule has 2 nitrogen and oxygen atoms in total. The Bertz CT molecular complexity index is 3820. The molecule has 0 N–H and O–H groups in total. The molecule has 0 amide bonds. The van der Waals surface area contributed by atoms with Crippen LogP contribution in [-0.4, -0.2) is 0 Å². The third-order valence-corrected chi connectivity index (χ3v) is 19.9. The second-order valence-corrected chi connectivity index (χ2v) is 25.6. The molecular formula is C76H62N2S. The summed E-state index contributed by atoms with van der Waals surface area (Å²) in [5, 5.41) is 0. The molecule has 0 atom stereocenters. The quantitative estimate of drug-likeness (QED) is 0.150. The van der Waals surface area contributed by atoms with Gasteiger partial charge in [0.2, 0.25) is 0 Å². The minimum absolute atomic E-state index is 0.115. The largest absolute Gasteiger partial charge is 0.310 e. The fourth-order valence-electron chi connectivity index (χ4n) is 14.4. The summed E-state index contributed by atoms with van der Waals surface area (Å²) in [5.41, 5.74) is 30.6. The van der Waals surface area contributed by atoms with Gasteiger partial charge in [-0.15, -0.1) is 11.3 Å². The molecule has 0 spiro atoms. The van der Waals surface area contributed by atoms with E-state index < -0.39 is 0 Å². The Balaban J connectivity index is 0.772. The summed E-state index contributed by atoms with van der Waals surface area (Å²) in [6.45, 7) is 19.0. The summed E-state index contributed by atoms with van der Waals surface area (Å²) >= 11 is 1.85. The van der Waals surface area contributed by atoms with Crippen molar-refractivity contribution in [1.29, 1.82) is 0 Å². The summed E-state index contributed by atoms with van der Waals surface area (Å²) in [6.07, 6.45) is 0. The lowest BCUT2D eigenvalue weighted by Gasteiger charge is -2.30. The first-order chi connectivity index (χ1) is 38.2. The molecule has 11 aromatic rings. The lowest BCUT2D eigenvalue weighted by atomic mass is 9.82. The smallest absolute Gasteiger partial charge is 0.0465 e. The number of anilines is 6. The first-order valence-corrected chi connectivity index (χ1v) is 28.9. The third kappa shape index (κ3) is 7.01. The number of benzene rings is 10. The van der Waals surface area contributed by atoms with Crippen molar-refractivity contribution in [1.82, 2.24) is 0 Å². The Morgan fingerprint density at radius 2 is 0.456 bits per heavy atom. The van der Waals surface area contributed by atoms with Crippen molar-refractivity contribution in [2.75, 3.05) is 9.80 Å². The maximum atomic E-state index is 2.47. The van der Waals surface area contributed by atoms with Crippen LogP contribution >= 0.6 is 11.3 Å². The molecule has 0 fully saturated rings. The van der Waals surface area contributed by atoms with Crippen LogP contribution in [0.1, 0.15) is 99.9 Å². The van der Waals surface area contributed by atoms with E-state index in [9.17, 15) is 0 Å². The minimum Gasteiger partial charge on any atom is -0.310 e. The third-order valence-electron chi connectivity index (χ3n) is 18.7. The molecule has 10 aromatic carbocycles. The average Bonchev–Trinajstić information content (AvgIpc) is 4.40.